The molecule has 0 saturated carbocycles. The number of carbonyl (C=O) groups is 2. The summed E-state index contributed by atoms with van der Waals surface area (Å²) in [5, 5.41) is 2.98. The van der Waals surface area contributed by atoms with Crippen molar-refractivity contribution in [3.63, 3.8) is 0 Å². The Morgan fingerprint density at radius 1 is 0.971 bits per heavy atom. The standard InChI is InChI=1S/C28H40N2O4/c1-7-24(28(32)29-20(4)5)30(19-23-13-11-10-12-21(23)6)27(31)17-15-22-14-16-25(33-8-2)26(18-22)34-9-3/h10-14,16,18,20,24H,7-9,15,17,19H2,1-6H3,(H,29,32)/t24-/m0/s1. The van der Waals surface area contributed by atoms with Crippen LogP contribution >= 0.6 is 0 Å². The first-order valence-corrected chi connectivity index (χ1v) is 12.3. The number of rotatable bonds is 13. The molecule has 186 valence electrons. The van der Waals surface area contributed by atoms with Crippen molar-refractivity contribution < 1.29 is 19.1 Å². The van der Waals surface area contributed by atoms with Crippen LogP contribution in [0, 0.1) is 6.92 Å². The first-order chi connectivity index (χ1) is 16.3. The Kier molecular flexibility index (Phi) is 10.9. The third-order valence-electron chi connectivity index (χ3n) is 5.65. The average molecular weight is 469 g/mol. The van der Waals surface area contributed by atoms with Crippen LogP contribution in [0.1, 0.15) is 64.2 Å². The molecule has 2 aromatic rings. The molecule has 0 saturated heterocycles. The number of aryl methyl sites for hydroxylation is 2. The van der Waals surface area contributed by atoms with Crippen LogP contribution < -0.4 is 14.8 Å². The van der Waals surface area contributed by atoms with Crippen molar-refractivity contribution >= 4 is 11.8 Å². The van der Waals surface area contributed by atoms with Gasteiger partial charge in [-0.1, -0.05) is 37.3 Å². The third-order valence-corrected chi connectivity index (χ3v) is 5.65. The SMILES string of the molecule is CCOc1ccc(CCC(=O)N(Cc2ccccc2C)[C@@H](CC)C(=O)NC(C)C)cc1OCC. The maximum Gasteiger partial charge on any atom is 0.243 e. The van der Waals surface area contributed by atoms with Gasteiger partial charge in [-0.15, -0.1) is 0 Å². The van der Waals surface area contributed by atoms with E-state index in [1.165, 1.54) is 0 Å². The number of nitrogens with zero attached hydrogens (tertiary/aromatic N) is 1. The van der Waals surface area contributed by atoms with Gasteiger partial charge >= 0.3 is 0 Å². The zero-order chi connectivity index (χ0) is 25.1. The van der Waals surface area contributed by atoms with E-state index in [4.69, 9.17) is 9.47 Å². The summed E-state index contributed by atoms with van der Waals surface area (Å²) in [6.07, 6.45) is 1.41. The topological polar surface area (TPSA) is 67.9 Å². The molecule has 6 nitrogen and oxygen atoms in total. The number of hydrogen-bond donors (Lipinski definition) is 1. The van der Waals surface area contributed by atoms with Crippen molar-refractivity contribution in [1.82, 2.24) is 10.2 Å². The second-order valence-corrected chi connectivity index (χ2v) is 8.68. The highest BCUT2D eigenvalue weighted by molar-refractivity contribution is 5.88. The summed E-state index contributed by atoms with van der Waals surface area (Å²) in [5.41, 5.74) is 3.15. The molecule has 0 radical (unpaired) electrons. The Labute approximate surface area is 204 Å². The highest BCUT2D eigenvalue weighted by Crippen LogP contribution is 2.29. The van der Waals surface area contributed by atoms with Gasteiger partial charge in [-0.2, -0.15) is 0 Å². The summed E-state index contributed by atoms with van der Waals surface area (Å²) in [4.78, 5) is 28.2. The highest BCUT2D eigenvalue weighted by Gasteiger charge is 2.29. The number of ether oxygens (including phenoxy) is 2. The van der Waals surface area contributed by atoms with Crippen molar-refractivity contribution in [2.75, 3.05) is 13.2 Å². The minimum absolute atomic E-state index is 0.0119. The summed E-state index contributed by atoms with van der Waals surface area (Å²) >= 11 is 0. The van der Waals surface area contributed by atoms with E-state index < -0.39 is 6.04 Å². The second-order valence-electron chi connectivity index (χ2n) is 8.68. The minimum atomic E-state index is -0.520. The molecule has 0 spiro atoms. The number of amides is 2. The molecule has 0 fully saturated rings. The quantitative estimate of drug-likeness (QED) is 0.446. The minimum Gasteiger partial charge on any atom is -0.490 e. The van der Waals surface area contributed by atoms with E-state index in [0.717, 1.165) is 16.7 Å². The summed E-state index contributed by atoms with van der Waals surface area (Å²) in [6, 6.07) is 13.3. The van der Waals surface area contributed by atoms with Gasteiger partial charge in [0.15, 0.2) is 11.5 Å². The zero-order valence-corrected chi connectivity index (χ0v) is 21.5. The van der Waals surface area contributed by atoms with E-state index in [0.29, 0.717) is 50.5 Å². The van der Waals surface area contributed by atoms with Crippen molar-refractivity contribution in [3.8, 4) is 11.5 Å². The molecule has 0 aliphatic carbocycles. The van der Waals surface area contributed by atoms with E-state index in [9.17, 15) is 9.59 Å². The summed E-state index contributed by atoms with van der Waals surface area (Å²) in [6.45, 7) is 13.2. The first kappa shape index (κ1) is 27.2. The van der Waals surface area contributed by atoms with Gasteiger partial charge in [0.2, 0.25) is 11.8 Å². The highest BCUT2D eigenvalue weighted by atomic mass is 16.5. The van der Waals surface area contributed by atoms with Crippen LogP contribution in [0.15, 0.2) is 42.5 Å². The summed E-state index contributed by atoms with van der Waals surface area (Å²) < 4.78 is 11.4. The van der Waals surface area contributed by atoms with Gasteiger partial charge in [-0.25, -0.2) is 0 Å². The Bertz CT molecular complexity index is 942. The van der Waals surface area contributed by atoms with Crippen molar-refractivity contribution in [1.29, 1.82) is 0 Å². The van der Waals surface area contributed by atoms with Gasteiger partial charge in [0, 0.05) is 19.0 Å². The Hall–Kier alpha value is -3.02. The Morgan fingerprint density at radius 2 is 1.65 bits per heavy atom. The zero-order valence-electron chi connectivity index (χ0n) is 21.5. The predicted octanol–water partition coefficient (Wildman–Crippen LogP) is 5.06. The lowest BCUT2D eigenvalue weighted by Crippen LogP contribution is -2.50. The molecule has 34 heavy (non-hydrogen) atoms. The molecular formula is C28H40N2O4. The second kappa shape index (κ2) is 13.6. The van der Waals surface area contributed by atoms with Crippen LogP contribution in [-0.4, -0.2) is 42.0 Å². The van der Waals surface area contributed by atoms with Crippen LogP contribution in [0.25, 0.3) is 0 Å². The van der Waals surface area contributed by atoms with Crippen LogP contribution in [0.5, 0.6) is 11.5 Å². The van der Waals surface area contributed by atoms with Gasteiger partial charge in [0.1, 0.15) is 6.04 Å². The molecule has 0 aliphatic rings. The fraction of sp³-hybridized carbons (Fsp3) is 0.500. The lowest BCUT2D eigenvalue weighted by Gasteiger charge is -2.31. The lowest BCUT2D eigenvalue weighted by molar-refractivity contribution is -0.141. The van der Waals surface area contributed by atoms with E-state index >= 15 is 0 Å². The van der Waals surface area contributed by atoms with Gasteiger partial charge in [-0.3, -0.25) is 9.59 Å². The largest absolute Gasteiger partial charge is 0.490 e. The molecule has 2 aromatic carbocycles. The van der Waals surface area contributed by atoms with Gasteiger partial charge in [-0.05, 0) is 76.3 Å². The molecule has 0 heterocycles. The van der Waals surface area contributed by atoms with E-state index in [-0.39, 0.29) is 17.9 Å². The summed E-state index contributed by atoms with van der Waals surface area (Å²) in [7, 11) is 0. The van der Waals surface area contributed by atoms with Crippen molar-refractivity contribution in [2.45, 2.75) is 79.4 Å². The third kappa shape index (κ3) is 7.79. The number of hydrogen-bond acceptors (Lipinski definition) is 4. The number of benzene rings is 2. The van der Waals surface area contributed by atoms with E-state index in [1.54, 1.807) is 4.90 Å². The van der Waals surface area contributed by atoms with Crippen LogP contribution in [0.2, 0.25) is 0 Å². The van der Waals surface area contributed by atoms with Crippen LogP contribution in [-0.2, 0) is 22.6 Å². The Balaban J connectivity index is 2.24. The fourth-order valence-corrected chi connectivity index (χ4v) is 3.92. The molecular weight excluding hydrogens is 428 g/mol. The van der Waals surface area contributed by atoms with Gasteiger partial charge in [0.05, 0.1) is 13.2 Å². The Morgan fingerprint density at radius 3 is 2.26 bits per heavy atom. The van der Waals surface area contributed by atoms with E-state index in [2.05, 4.69) is 5.32 Å². The number of nitrogens with one attached hydrogen (secondary N) is 1. The number of carbonyl (C=O) groups excluding carboxylic acids is 2. The monoisotopic (exact) mass is 468 g/mol. The molecule has 1 atom stereocenters. The normalized spacial score (nSPS) is 11.7. The predicted molar refractivity (Wildman–Crippen MR) is 136 cm³/mol. The molecule has 0 aromatic heterocycles. The molecule has 1 N–H and O–H groups in total. The van der Waals surface area contributed by atoms with Crippen LogP contribution in [0.3, 0.4) is 0 Å². The fourth-order valence-electron chi connectivity index (χ4n) is 3.92. The smallest absolute Gasteiger partial charge is 0.243 e. The molecule has 0 bridgehead atoms. The molecule has 0 unspecified atom stereocenters. The molecule has 0 aliphatic heterocycles. The molecule has 6 heteroatoms. The maximum atomic E-state index is 13.5. The maximum absolute atomic E-state index is 13.5. The van der Waals surface area contributed by atoms with E-state index in [1.807, 2.05) is 84.0 Å². The van der Waals surface area contributed by atoms with Gasteiger partial charge in [0.25, 0.3) is 0 Å². The molecule has 2 rings (SSSR count). The van der Waals surface area contributed by atoms with Crippen LogP contribution in [0.4, 0.5) is 0 Å². The summed E-state index contributed by atoms with van der Waals surface area (Å²) in [5.74, 6) is 1.24. The molecule has 2 amide bonds. The van der Waals surface area contributed by atoms with Crippen molar-refractivity contribution in [3.05, 3.63) is 59.2 Å². The van der Waals surface area contributed by atoms with Gasteiger partial charge < -0.3 is 19.7 Å². The van der Waals surface area contributed by atoms with Crippen molar-refractivity contribution in [2.24, 2.45) is 0 Å². The first-order valence-electron chi connectivity index (χ1n) is 12.3. The average Bonchev–Trinajstić information content (AvgIpc) is 2.80. The lowest BCUT2D eigenvalue weighted by atomic mass is 10.0.